The van der Waals surface area contributed by atoms with Gasteiger partial charge in [0.15, 0.2) is 0 Å². The second-order valence-electron chi connectivity index (χ2n) is 6.49. The molecule has 3 N–H and O–H groups in total. The molecule has 0 aliphatic carbocycles. The number of nitrogens with one attached hydrogen (secondary N) is 1. The molecule has 1 saturated heterocycles. The third kappa shape index (κ3) is 3.10. The minimum absolute atomic E-state index is 0.0645. The molecule has 1 aliphatic rings. The van der Waals surface area contributed by atoms with Crippen molar-refractivity contribution in [3.8, 4) is 5.75 Å². The molecule has 0 amide bonds. The van der Waals surface area contributed by atoms with Crippen LogP contribution in [0.3, 0.4) is 0 Å². The van der Waals surface area contributed by atoms with Gasteiger partial charge in [0.2, 0.25) is 0 Å². The molecule has 19 heavy (non-hydrogen) atoms. The van der Waals surface area contributed by atoms with Crippen molar-refractivity contribution in [1.29, 1.82) is 0 Å². The molecule has 2 unspecified atom stereocenters. The summed E-state index contributed by atoms with van der Waals surface area (Å²) in [6, 6.07) is 6.50. The van der Waals surface area contributed by atoms with Crippen molar-refractivity contribution in [3.05, 3.63) is 29.3 Å². The van der Waals surface area contributed by atoms with Crippen molar-refractivity contribution >= 4 is 0 Å². The maximum Gasteiger partial charge on any atom is 0.122 e. The number of ether oxygens (including phenoxy) is 1. The van der Waals surface area contributed by atoms with Gasteiger partial charge in [0, 0.05) is 6.04 Å². The van der Waals surface area contributed by atoms with E-state index in [4.69, 9.17) is 10.5 Å². The third-order valence-corrected chi connectivity index (χ3v) is 4.02. The van der Waals surface area contributed by atoms with E-state index in [1.807, 2.05) is 0 Å². The highest BCUT2D eigenvalue weighted by Gasteiger charge is 2.25. The molecule has 1 fully saturated rings. The summed E-state index contributed by atoms with van der Waals surface area (Å²) in [5.74, 6) is 1.49. The number of hydrogen-bond donors (Lipinski definition) is 2. The SMILES string of the molecule is COc1ccc(C(N)C2CCNC2)cc1C(C)(C)C. The summed E-state index contributed by atoms with van der Waals surface area (Å²) in [5.41, 5.74) is 8.94. The zero-order valence-electron chi connectivity index (χ0n) is 12.5. The lowest BCUT2D eigenvalue weighted by Crippen LogP contribution is -2.24. The van der Waals surface area contributed by atoms with Gasteiger partial charge in [-0.05, 0) is 48.0 Å². The summed E-state index contributed by atoms with van der Waals surface area (Å²) in [4.78, 5) is 0. The zero-order chi connectivity index (χ0) is 14.0. The van der Waals surface area contributed by atoms with E-state index in [0.29, 0.717) is 5.92 Å². The number of rotatable bonds is 3. The first-order valence-electron chi connectivity index (χ1n) is 7.08. The van der Waals surface area contributed by atoms with E-state index in [1.54, 1.807) is 7.11 Å². The van der Waals surface area contributed by atoms with Crippen LogP contribution >= 0.6 is 0 Å². The third-order valence-electron chi connectivity index (χ3n) is 4.02. The van der Waals surface area contributed by atoms with Crippen LogP contribution in [0.4, 0.5) is 0 Å². The molecule has 2 atom stereocenters. The summed E-state index contributed by atoms with van der Waals surface area (Å²) in [6.45, 7) is 8.73. The lowest BCUT2D eigenvalue weighted by molar-refractivity contribution is 0.396. The van der Waals surface area contributed by atoms with E-state index < -0.39 is 0 Å². The van der Waals surface area contributed by atoms with E-state index in [9.17, 15) is 0 Å². The molecule has 1 heterocycles. The van der Waals surface area contributed by atoms with Crippen molar-refractivity contribution < 1.29 is 4.74 Å². The van der Waals surface area contributed by atoms with Crippen LogP contribution in [0.25, 0.3) is 0 Å². The molecular formula is C16H26N2O. The summed E-state index contributed by atoms with van der Waals surface area (Å²) in [5, 5.41) is 3.39. The van der Waals surface area contributed by atoms with Crippen LogP contribution in [0, 0.1) is 5.92 Å². The largest absolute Gasteiger partial charge is 0.496 e. The molecule has 1 aromatic rings. The van der Waals surface area contributed by atoms with Gasteiger partial charge >= 0.3 is 0 Å². The van der Waals surface area contributed by atoms with Gasteiger partial charge in [0.1, 0.15) is 5.75 Å². The number of methoxy groups -OCH3 is 1. The molecule has 106 valence electrons. The van der Waals surface area contributed by atoms with Crippen LogP contribution in [-0.2, 0) is 5.41 Å². The molecule has 1 aliphatic heterocycles. The Morgan fingerprint density at radius 2 is 2.11 bits per heavy atom. The first-order valence-corrected chi connectivity index (χ1v) is 7.08. The molecule has 3 nitrogen and oxygen atoms in total. The van der Waals surface area contributed by atoms with Crippen LogP contribution in [-0.4, -0.2) is 20.2 Å². The minimum atomic E-state index is 0.0645. The molecule has 3 heteroatoms. The maximum absolute atomic E-state index is 6.42. The Kier molecular flexibility index (Phi) is 4.16. The zero-order valence-corrected chi connectivity index (χ0v) is 12.5. The average Bonchev–Trinajstić information content (AvgIpc) is 2.90. The van der Waals surface area contributed by atoms with Gasteiger partial charge in [0.25, 0.3) is 0 Å². The predicted molar refractivity (Wildman–Crippen MR) is 79.6 cm³/mol. The molecular weight excluding hydrogens is 236 g/mol. The number of nitrogens with two attached hydrogens (primary N) is 1. The Morgan fingerprint density at radius 3 is 2.63 bits per heavy atom. The van der Waals surface area contributed by atoms with Crippen molar-refractivity contribution in [2.45, 2.75) is 38.6 Å². The lowest BCUT2D eigenvalue weighted by Gasteiger charge is -2.25. The topological polar surface area (TPSA) is 47.3 Å². The van der Waals surface area contributed by atoms with Gasteiger partial charge in [-0.1, -0.05) is 32.9 Å². The van der Waals surface area contributed by atoms with E-state index in [-0.39, 0.29) is 11.5 Å². The summed E-state index contributed by atoms with van der Waals surface area (Å²) in [7, 11) is 1.73. The fraction of sp³-hybridized carbons (Fsp3) is 0.625. The Bertz CT molecular complexity index is 431. The average molecular weight is 262 g/mol. The number of benzene rings is 1. The van der Waals surface area contributed by atoms with Gasteiger partial charge in [-0.25, -0.2) is 0 Å². The van der Waals surface area contributed by atoms with Crippen molar-refractivity contribution in [1.82, 2.24) is 5.32 Å². The van der Waals surface area contributed by atoms with Gasteiger partial charge in [-0.15, -0.1) is 0 Å². The van der Waals surface area contributed by atoms with Gasteiger partial charge in [0.05, 0.1) is 7.11 Å². The molecule has 0 radical (unpaired) electrons. The van der Waals surface area contributed by atoms with Crippen LogP contribution in [0.2, 0.25) is 0 Å². The molecule has 0 aromatic heterocycles. The highest BCUT2D eigenvalue weighted by molar-refractivity contribution is 5.42. The lowest BCUT2D eigenvalue weighted by atomic mass is 9.83. The minimum Gasteiger partial charge on any atom is -0.496 e. The Morgan fingerprint density at radius 1 is 1.37 bits per heavy atom. The quantitative estimate of drug-likeness (QED) is 0.880. The second kappa shape index (κ2) is 5.51. The standard InChI is InChI=1S/C16H26N2O/c1-16(2,3)13-9-11(5-6-14(13)19-4)15(17)12-7-8-18-10-12/h5-6,9,12,15,18H,7-8,10,17H2,1-4H3. The highest BCUT2D eigenvalue weighted by atomic mass is 16.5. The van der Waals surface area contributed by atoms with Gasteiger partial charge in [-0.3, -0.25) is 0 Å². The fourth-order valence-electron chi connectivity index (χ4n) is 2.77. The van der Waals surface area contributed by atoms with Crippen molar-refractivity contribution in [2.24, 2.45) is 11.7 Å². The van der Waals surface area contributed by atoms with Crippen molar-refractivity contribution in [3.63, 3.8) is 0 Å². The normalized spacial score (nSPS) is 21.4. The first kappa shape index (κ1) is 14.4. The molecule has 1 aromatic carbocycles. The smallest absolute Gasteiger partial charge is 0.122 e. The molecule has 0 saturated carbocycles. The molecule has 0 spiro atoms. The number of hydrogen-bond acceptors (Lipinski definition) is 3. The molecule has 0 bridgehead atoms. The van der Waals surface area contributed by atoms with E-state index in [0.717, 1.165) is 25.3 Å². The summed E-state index contributed by atoms with van der Waals surface area (Å²) < 4.78 is 5.48. The van der Waals surface area contributed by atoms with E-state index >= 15 is 0 Å². The van der Waals surface area contributed by atoms with Gasteiger partial charge in [-0.2, -0.15) is 0 Å². The maximum atomic E-state index is 6.42. The molecule has 2 rings (SSSR count). The Hall–Kier alpha value is -1.06. The summed E-state index contributed by atoms with van der Waals surface area (Å²) in [6.07, 6.45) is 1.16. The van der Waals surface area contributed by atoms with Crippen LogP contribution in [0.15, 0.2) is 18.2 Å². The fourth-order valence-corrected chi connectivity index (χ4v) is 2.77. The highest BCUT2D eigenvalue weighted by Crippen LogP contribution is 2.35. The Labute approximate surface area is 116 Å². The van der Waals surface area contributed by atoms with Gasteiger partial charge < -0.3 is 15.8 Å². The second-order valence-corrected chi connectivity index (χ2v) is 6.49. The van der Waals surface area contributed by atoms with Crippen molar-refractivity contribution in [2.75, 3.05) is 20.2 Å². The van der Waals surface area contributed by atoms with Crippen LogP contribution < -0.4 is 15.8 Å². The first-order chi connectivity index (χ1) is 8.93. The van der Waals surface area contributed by atoms with Crippen LogP contribution in [0.1, 0.15) is 44.4 Å². The van der Waals surface area contributed by atoms with E-state index in [2.05, 4.69) is 44.3 Å². The predicted octanol–water partition coefficient (Wildman–Crippen LogP) is 2.60. The Balaban J connectivity index is 2.31. The van der Waals surface area contributed by atoms with Crippen LogP contribution in [0.5, 0.6) is 5.75 Å². The monoisotopic (exact) mass is 262 g/mol. The summed E-state index contributed by atoms with van der Waals surface area (Å²) >= 11 is 0. The van der Waals surface area contributed by atoms with E-state index in [1.165, 1.54) is 11.1 Å².